The van der Waals surface area contributed by atoms with E-state index in [4.69, 9.17) is 29.4 Å². The van der Waals surface area contributed by atoms with Crippen LogP contribution in [0.25, 0.3) is 28.1 Å². The molecule has 0 bridgehead atoms. The van der Waals surface area contributed by atoms with Gasteiger partial charge in [0.1, 0.15) is 18.3 Å². The Kier molecular flexibility index (Phi) is 7.00. The number of aryl methyl sites for hydroxylation is 1. The van der Waals surface area contributed by atoms with E-state index in [0.29, 0.717) is 31.7 Å². The van der Waals surface area contributed by atoms with Crippen molar-refractivity contribution in [3.05, 3.63) is 35.9 Å². The number of imidazole rings is 2. The third kappa shape index (κ3) is 5.00. The number of hydrogen-bond acceptors (Lipinski definition) is 9. The summed E-state index contributed by atoms with van der Waals surface area (Å²) in [7, 11) is 3.71. The molecule has 4 aromatic rings. The molecular weight excluding hydrogens is 496 g/mol. The van der Waals surface area contributed by atoms with Crippen LogP contribution in [-0.2, 0) is 29.7 Å². The van der Waals surface area contributed by atoms with E-state index in [0.717, 1.165) is 85.2 Å². The lowest BCUT2D eigenvalue weighted by Gasteiger charge is -2.37. The number of piperidine rings is 1. The molecule has 0 saturated carbocycles. The number of nitrogens with zero attached hydrogens (tertiary/aromatic N) is 8. The summed E-state index contributed by atoms with van der Waals surface area (Å²) in [5.74, 6) is 3.41. The summed E-state index contributed by atoms with van der Waals surface area (Å²) in [4.78, 5) is 24.8. The van der Waals surface area contributed by atoms with E-state index in [1.165, 1.54) is 0 Å². The molecule has 11 nitrogen and oxygen atoms in total. The van der Waals surface area contributed by atoms with Gasteiger partial charge in [-0.1, -0.05) is 12.1 Å². The largest absolute Gasteiger partial charge is 0.390 e. The Labute approximate surface area is 228 Å². The van der Waals surface area contributed by atoms with Gasteiger partial charge in [-0.05, 0) is 57.8 Å². The Morgan fingerprint density at radius 1 is 1.00 bits per heavy atom. The fourth-order valence-electron chi connectivity index (χ4n) is 5.84. The highest BCUT2D eigenvalue weighted by atomic mass is 16.5. The average molecular weight is 535 g/mol. The van der Waals surface area contributed by atoms with Crippen molar-refractivity contribution >= 4 is 28.0 Å². The van der Waals surface area contributed by atoms with Crippen LogP contribution in [0.1, 0.15) is 38.3 Å². The third-order valence-corrected chi connectivity index (χ3v) is 8.15. The Bertz CT molecular complexity index is 1460. The molecule has 5 heterocycles. The van der Waals surface area contributed by atoms with Crippen LogP contribution >= 0.6 is 0 Å². The maximum Gasteiger partial charge on any atom is 0.239 e. The van der Waals surface area contributed by atoms with Crippen LogP contribution in [0.4, 0.5) is 5.82 Å². The number of ether oxygens (including phenoxy) is 2. The zero-order chi connectivity index (χ0) is 27.1. The zero-order valence-electron chi connectivity index (χ0n) is 23.3. The number of aromatic nitrogens is 6. The molecule has 0 atom stereocenters. The predicted octanol–water partition coefficient (Wildman–Crippen LogP) is 2.67. The number of rotatable bonds is 7. The van der Waals surface area contributed by atoms with Gasteiger partial charge in [0.05, 0.1) is 36.4 Å². The number of para-hydroxylation sites is 2. The second-order valence-electron chi connectivity index (χ2n) is 11.2. The molecule has 1 N–H and O–H groups in total. The first kappa shape index (κ1) is 26.1. The Balaban J connectivity index is 1.42. The van der Waals surface area contributed by atoms with Gasteiger partial charge in [0.15, 0.2) is 17.0 Å². The molecule has 3 aromatic heterocycles. The third-order valence-electron chi connectivity index (χ3n) is 8.15. The molecule has 2 fully saturated rings. The quantitative estimate of drug-likeness (QED) is 0.383. The molecule has 0 spiro atoms. The smallest absolute Gasteiger partial charge is 0.239 e. The minimum atomic E-state index is -0.637. The molecule has 2 aliphatic rings. The summed E-state index contributed by atoms with van der Waals surface area (Å²) in [5.41, 5.74) is 2.78. The van der Waals surface area contributed by atoms with Crippen molar-refractivity contribution in [1.29, 1.82) is 0 Å². The van der Waals surface area contributed by atoms with E-state index in [9.17, 15) is 5.11 Å². The number of anilines is 1. The molecule has 11 heteroatoms. The van der Waals surface area contributed by atoms with Crippen molar-refractivity contribution in [1.82, 2.24) is 34.0 Å². The summed E-state index contributed by atoms with van der Waals surface area (Å²) in [5, 5.41) is 10.5. The van der Waals surface area contributed by atoms with Gasteiger partial charge in [0, 0.05) is 27.2 Å². The molecule has 39 heavy (non-hydrogen) atoms. The molecular formula is C28H38N8O3. The van der Waals surface area contributed by atoms with Crippen LogP contribution in [0.15, 0.2) is 24.3 Å². The summed E-state index contributed by atoms with van der Waals surface area (Å²) in [6.07, 6.45) is 1.96. The van der Waals surface area contributed by atoms with Crippen molar-refractivity contribution in [2.45, 2.75) is 45.4 Å². The number of hydrogen-bond donors (Lipinski definition) is 1. The van der Waals surface area contributed by atoms with Gasteiger partial charge < -0.3 is 24.0 Å². The molecule has 0 aliphatic carbocycles. The monoisotopic (exact) mass is 534 g/mol. The molecule has 208 valence electrons. The number of fused-ring (bicyclic) bond motifs is 2. The summed E-state index contributed by atoms with van der Waals surface area (Å²) < 4.78 is 15.2. The predicted molar refractivity (Wildman–Crippen MR) is 149 cm³/mol. The molecule has 1 aromatic carbocycles. The second-order valence-corrected chi connectivity index (χ2v) is 11.2. The second kappa shape index (κ2) is 10.5. The number of morpholine rings is 1. The lowest BCUT2D eigenvalue weighted by molar-refractivity contribution is -0.0139. The van der Waals surface area contributed by atoms with E-state index in [1.54, 1.807) is 7.11 Å². The van der Waals surface area contributed by atoms with Crippen molar-refractivity contribution in [2.75, 3.05) is 51.4 Å². The maximum absolute atomic E-state index is 10.5. The van der Waals surface area contributed by atoms with Crippen molar-refractivity contribution in [3.63, 3.8) is 0 Å². The van der Waals surface area contributed by atoms with Crippen LogP contribution in [0.5, 0.6) is 0 Å². The standard InChI is InChI=1S/C28H38N8O3/c1-28(2,37)19-9-11-34(12-10-19)17-22-30-24-25(33(22)3)31-27(32-26(24)35-13-15-39-16-14-35)36-21-8-6-5-7-20(21)29-23(36)18-38-4/h5-8,19,37H,9-18H2,1-4H3. The van der Waals surface area contributed by atoms with Gasteiger partial charge in [-0.3, -0.25) is 9.47 Å². The van der Waals surface area contributed by atoms with Crippen LogP contribution < -0.4 is 4.90 Å². The summed E-state index contributed by atoms with van der Waals surface area (Å²) in [6, 6.07) is 8.02. The van der Waals surface area contributed by atoms with E-state index < -0.39 is 5.60 Å². The Hall–Kier alpha value is -3.12. The van der Waals surface area contributed by atoms with Crippen LogP contribution in [0.2, 0.25) is 0 Å². The van der Waals surface area contributed by atoms with Crippen LogP contribution in [0, 0.1) is 5.92 Å². The summed E-state index contributed by atoms with van der Waals surface area (Å²) >= 11 is 0. The van der Waals surface area contributed by atoms with Gasteiger partial charge in [0.25, 0.3) is 0 Å². The zero-order valence-corrected chi connectivity index (χ0v) is 23.3. The highest BCUT2D eigenvalue weighted by Gasteiger charge is 2.31. The SMILES string of the molecule is COCc1nc2ccccc2n1-c1nc(N2CCOCC2)c2nc(CN3CCC(C(C)(C)O)CC3)n(C)c2n1. The van der Waals surface area contributed by atoms with E-state index in [1.807, 2.05) is 49.7 Å². The fraction of sp³-hybridized carbons (Fsp3) is 0.571. The molecule has 0 radical (unpaired) electrons. The van der Waals surface area contributed by atoms with E-state index >= 15 is 0 Å². The topological polar surface area (TPSA) is 107 Å². The Morgan fingerprint density at radius 2 is 1.74 bits per heavy atom. The lowest BCUT2D eigenvalue weighted by Crippen LogP contribution is -2.41. The van der Waals surface area contributed by atoms with Crippen LogP contribution in [0.3, 0.4) is 0 Å². The van der Waals surface area contributed by atoms with Crippen molar-refractivity contribution in [3.8, 4) is 5.95 Å². The molecule has 0 unspecified atom stereocenters. The lowest BCUT2D eigenvalue weighted by atomic mass is 9.83. The van der Waals surface area contributed by atoms with Gasteiger partial charge >= 0.3 is 0 Å². The van der Waals surface area contributed by atoms with Crippen LogP contribution in [-0.4, -0.2) is 91.2 Å². The van der Waals surface area contributed by atoms with Gasteiger partial charge in [0.2, 0.25) is 5.95 Å². The first-order chi connectivity index (χ1) is 18.8. The van der Waals surface area contributed by atoms with E-state index in [2.05, 4.69) is 14.4 Å². The minimum absolute atomic E-state index is 0.321. The first-order valence-corrected chi connectivity index (χ1v) is 13.8. The molecule has 2 aliphatic heterocycles. The van der Waals surface area contributed by atoms with Gasteiger partial charge in [-0.2, -0.15) is 9.97 Å². The highest BCUT2D eigenvalue weighted by Crippen LogP contribution is 2.31. The van der Waals surface area contributed by atoms with Gasteiger partial charge in [-0.15, -0.1) is 0 Å². The Morgan fingerprint density at radius 3 is 2.46 bits per heavy atom. The number of methoxy groups -OCH3 is 1. The molecule has 2 saturated heterocycles. The first-order valence-electron chi connectivity index (χ1n) is 13.8. The van der Waals surface area contributed by atoms with Crippen molar-refractivity contribution in [2.24, 2.45) is 13.0 Å². The number of aliphatic hydroxyl groups is 1. The van der Waals surface area contributed by atoms with Crippen molar-refractivity contribution < 1.29 is 14.6 Å². The number of benzene rings is 1. The fourth-order valence-corrected chi connectivity index (χ4v) is 5.84. The highest BCUT2D eigenvalue weighted by molar-refractivity contribution is 5.86. The number of likely N-dealkylation sites (tertiary alicyclic amines) is 1. The van der Waals surface area contributed by atoms with E-state index in [-0.39, 0.29) is 0 Å². The normalized spacial score (nSPS) is 18.0. The average Bonchev–Trinajstić information content (AvgIpc) is 3.45. The maximum atomic E-state index is 10.5. The van der Waals surface area contributed by atoms with Gasteiger partial charge in [-0.25, -0.2) is 9.97 Å². The molecule has 6 rings (SSSR count). The molecule has 0 amide bonds. The minimum Gasteiger partial charge on any atom is -0.390 e. The summed E-state index contributed by atoms with van der Waals surface area (Å²) in [6.45, 7) is 9.59.